The van der Waals surface area contributed by atoms with Gasteiger partial charge >= 0.3 is 6.03 Å². The first-order valence-corrected chi connectivity index (χ1v) is 11.0. The van der Waals surface area contributed by atoms with Crippen molar-refractivity contribution in [3.05, 3.63) is 99.5 Å². The molecule has 0 aliphatic carbocycles. The Labute approximate surface area is 205 Å². The molecule has 2 N–H and O–H groups in total. The predicted molar refractivity (Wildman–Crippen MR) is 129 cm³/mol. The van der Waals surface area contributed by atoms with E-state index in [1.807, 2.05) is 0 Å². The summed E-state index contributed by atoms with van der Waals surface area (Å²) < 4.78 is 0. The number of carbonyl (C=O) groups is 4. The molecule has 9 heteroatoms. The number of halogens is 2. The van der Waals surface area contributed by atoms with Gasteiger partial charge in [0, 0.05) is 26.7 Å². The van der Waals surface area contributed by atoms with Crippen molar-refractivity contribution < 1.29 is 19.2 Å². The van der Waals surface area contributed by atoms with Crippen molar-refractivity contribution >= 4 is 52.5 Å². The summed E-state index contributed by atoms with van der Waals surface area (Å²) in [5.41, 5.74) is -0.0679. The van der Waals surface area contributed by atoms with Gasteiger partial charge in [0.05, 0.1) is 5.69 Å². The van der Waals surface area contributed by atoms with E-state index in [2.05, 4.69) is 10.6 Å². The minimum atomic E-state index is -1.46. The first kappa shape index (κ1) is 23.5. The van der Waals surface area contributed by atoms with Crippen LogP contribution in [0.3, 0.4) is 0 Å². The molecular weight excluding hydrogens is 477 g/mol. The standard InChI is InChI=1S/C25H19Cl2N3O4/c1-25(18-12-11-16(26)13-19(18)27)23(33)30(24(34)29-25)14-21(31)28-20-10-6-5-9-17(20)22(32)15-7-3-2-4-8-15/h2-13H,14H2,1H3,(H,28,31)(H,29,34)/t25-/m1/s1. The second-order valence-electron chi connectivity index (χ2n) is 7.86. The van der Waals surface area contributed by atoms with E-state index in [0.29, 0.717) is 16.1 Å². The lowest BCUT2D eigenvalue weighted by molar-refractivity contribution is -0.133. The Bertz CT molecular complexity index is 1310. The van der Waals surface area contributed by atoms with E-state index in [1.165, 1.54) is 13.0 Å². The summed E-state index contributed by atoms with van der Waals surface area (Å²) in [5.74, 6) is -1.54. The molecule has 3 aromatic rings. The number of nitrogens with one attached hydrogen (secondary N) is 2. The quantitative estimate of drug-likeness (QED) is 0.384. The van der Waals surface area contributed by atoms with Crippen molar-refractivity contribution in [2.75, 3.05) is 11.9 Å². The van der Waals surface area contributed by atoms with Gasteiger partial charge in [0.25, 0.3) is 5.91 Å². The third-order valence-corrected chi connectivity index (χ3v) is 6.08. The highest BCUT2D eigenvalue weighted by Crippen LogP contribution is 2.35. The Morgan fingerprint density at radius 3 is 2.35 bits per heavy atom. The Morgan fingerprint density at radius 2 is 1.65 bits per heavy atom. The highest BCUT2D eigenvalue weighted by molar-refractivity contribution is 6.35. The topological polar surface area (TPSA) is 95.6 Å². The van der Waals surface area contributed by atoms with Gasteiger partial charge < -0.3 is 10.6 Å². The second-order valence-corrected chi connectivity index (χ2v) is 8.70. The monoisotopic (exact) mass is 495 g/mol. The Hall–Kier alpha value is -3.68. The van der Waals surface area contributed by atoms with E-state index in [9.17, 15) is 19.2 Å². The summed E-state index contributed by atoms with van der Waals surface area (Å²) >= 11 is 12.2. The van der Waals surface area contributed by atoms with Gasteiger partial charge in [-0.15, -0.1) is 0 Å². The molecule has 0 bridgehead atoms. The summed E-state index contributed by atoms with van der Waals surface area (Å²) in [6, 6.07) is 19.0. The lowest BCUT2D eigenvalue weighted by Gasteiger charge is -2.23. The van der Waals surface area contributed by atoms with E-state index >= 15 is 0 Å². The van der Waals surface area contributed by atoms with Crippen molar-refractivity contribution in [3.8, 4) is 0 Å². The van der Waals surface area contributed by atoms with E-state index in [4.69, 9.17) is 23.2 Å². The number of hydrogen-bond acceptors (Lipinski definition) is 4. The summed E-state index contributed by atoms with van der Waals surface area (Å²) in [6.45, 7) is 0.966. The Morgan fingerprint density at radius 1 is 0.971 bits per heavy atom. The molecule has 1 saturated heterocycles. The third-order valence-electron chi connectivity index (χ3n) is 5.53. The van der Waals surface area contributed by atoms with Gasteiger partial charge in [0.15, 0.2) is 5.78 Å². The largest absolute Gasteiger partial charge is 0.325 e. The van der Waals surface area contributed by atoms with E-state index in [-0.39, 0.29) is 22.1 Å². The number of urea groups is 1. The molecule has 0 spiro atoms. The number of ketones is 1. The van der Waals surface area contributed by atoms with Crippen LogP contribution in [0, 0.1) is 0 Å². The van der Waals surface area contributed by atoms with E-state index < -0.39 is 29.9 Å². The molecule has 0 radical (unpaired) electrons. The molecule has 1 atom stereocenters. The molecule has 7 nitrogen and oxygen atoms in total. The number of anilines is 1. The van der Waals surface area contributed by atoms with Gasteiger partial charge in [0.1, 0.15) is 12.1 Å². The molecule has 0 unspecified atom stereocenters. The minimum absolute atomic E-state index is 0.211. The fourth-order valence-electron chi connectivity index (χ4n) is 3.79. The number of nitrogens with zero attached hydrogens (tertiary/aromatic N) is 1. The molecule has 0 aromatic heterocycles. The van der Waals surface area contributed by atoms with Crippen LogP contribution in [-0.4, -0.2) is 35.1 Å². The first-order chi connectivity index (χ1) is 16.2. The SMILES string of the molecule is C[C@]1(c2ccc(Cl)cc2Cl)NC(=O)N(CC(=O)Nc2ccccc2C(=O)c2ccccc2)C1=O. The van der Waals surface area contributed by atoms with Crippen LogP contribution in [0.5, 0.6) is 0 Å². The Kier molecular flexibility index (Phi) is 6.41. The lowest BCUT2D eigenvalue weighted by atomic mass is 9.92. The summed E-state index contributed by atoms with van der Waals surface area (Å²) in [7, 11) is 0. The number of amides is 4. The summed E-state index contributed by atoms with van der Waals surface area (Å²) in [6.07, 6.45) is 0. The van der Waals surface area contributed by atoms with Crippen LogP contribution in [0.4, 0.5) is 10.5 Å². The Balaban J connectivity index is 1.53. The average Bonchev–Trinajstić information content (AvgIpc) is 3.03. The van der Waals surface area contributed by atoms with Crippen molar-refractivity contribution in [3.63, 3.8) is 0 Å². The molecule has 4 amide bonds. The fourth-order valence-corrected chi connectivity index (χ4v) is 4.38. The molecule has 1 fully saturated rings. The van der Waals surface area contributed by atoms with Crippen molar-refractivity contribution in [2.45, 2.75) is 12.5 Å². The molecule has 1 aliphatic rings. The smallest absolute Gasteiger partial charge is 0.324 e. The molecule has 34 heavy (non-hydrogen) atoms. The van der Waals surface area contributed by atoms with Crippen LogP contribution >= 0.6 is 23.2 Å². The van der Waals surface area contributed by atoms with Crippen LogP contribution < -0.4 is 10.6 Å². The van der Waals surface area contributed by atoms with Gasteiger partial charge in [0.2, 0.25) is 5.91 Å². The van der Waals surface area contributed by atoms with Crippen LogP contribution in [0.1, 0.15) is 28.4 Å². The van der Waals surface area contributed by atoms with E-state index in [0.717, 1.165) is 4.90 Å². The maximum Gasteiger partial charge on any atom is 0.325 e. The molecular formula is C25H19Cl2N3O4. The minimum Gasteiger partial charge on any atom is -0.324 e. The average molecular weight is 496 g/mol. The highest BCUT2D eigenvalue weighted by atomic mass is 35.5. The first-order valence-electron chi connectivity index (χ1n) is 10.3. The van der Waals surface area contributed by atoms with Crippen LogP contribution in [-0.2, 0) is 15.1 Å². The second kappa shape index (κ2) is 9.29. The molecule has 3 aromatic carbocycles. The van der Waals surface area contributed by atoms with Gasteiger partial charge in [-0.3, -0.25) is 19.3 Å². The number of rotatable bonds is 6. The van der Waals surface area contributed by atoms with Gasteiger partial charge in [-0.25, -0.2) is 4.79 Å². The highest BCUT2D eigenvalue weighted by Gasteiger charge is 2.50. The number of hydrogen-bond donors (Lipinski definition) is 2. The van der Waals surface area contributed by atoms with E-state index in [1.54, 1.807) is 66.7 Å². The zero-order valence-electron chi connectivity index (χ0n) is 18.0. The van der Waals surface area contributed by atoms with Crippen molar-refractivity contribution in [2.24, 2.45) is 0 Å². The number of benzene rings is 3. The number of carbonyl (C=O) groups excluding carboxylic acids is 4. The normalized spacial score (nSPS) is 17.4. The zero-order chi connectivity index (χ0) is 24.5. The third kappa shape index (κ3) is 4.40. The molecule has 172 valence electrons. The van der Waals surface area contributed by atoms with Crippen LogP contribution in [0.15, 0.2) is 72.8 Å². The van der Waals surface area contributed by atoms with Gasteiger partial charge in [-0.1, -0.05) is 71.7 Å². The zero-order valence-corrected chi connectivity index (χ0v) is 19.5. The van der Waals surface area contributed by atoms with Gasteiger partial charge in [-0.05, 0) is 31.2 Å². The van der Waals surface area contributed by atoms with Crippen LogP contribution in [0.25, 0.3) is 0 Å². The summed E-state index contributed by atoms with van der Waals surface area (Å²) in [4.78, 5) is 52.2. The number of para-hydroxylation sites is 1. The maximum atomic E-state index is 13.1. The van der Waals surface area contributed by atoms with Crippen LogP contribution in [0.2, 0.25) is 10.0 Å². The predicted octanol–water partition coefficient (Wildman–Crippen LogP) is 4.63. The summed E-state index contributed by atoms with van der Waals surface area (Å²) in [5, 5.41) is 5.84. The molecule has 1 heterocycles. The lowest BCUT2D eigenvalue weighted by Crippen LogP contribution is -2.42. The molecule has 4 rings (SSSR count). The molecule has 1 aliphatic heterocycles. The molecule has 0 saturated carbocycles. The fraction of sp³-hybridized carbons (Fsp3) is 0.120. The van der Waals surface area contributed by atoms with Gasteiger partial charge in [-0.2, -0.15) is 0 Å². The number of imide groups is 1. The maximum absolute atomic E-state index is 13.1. The van der Waals surface area contributed by atoms with Crippen molar-refractivity contribution in [1.29, 1.82) is 0 Å². The van der Waals surface area contributed by atoms with Crippen molar-refractivity contribution in [1.82, 2.24) is 10.2 Å².